The van der Waals surface area contributed by atoms with Crippen LogP contribution in [0.2, 0.25) is 5.02 Å². The molecule has 1 saturated heterocycles. The van der Waals surface area contributed by atoms with E-state index in [2.05, 4.69) is 5.32 Å². The van der Waals surface area contributed by atoms with Crippen LogP contribution in [0.3, 0.4) is 0 Å². The highest BCUT2D eigenvalue weighted by molar-refractivity contribution is 7.80. The molecule has 1 aliphatic rings. The summed E-state index contributed by atoms with van der Waals surface area (Å²) in [5, 5.41) is 3.87. The van der Waals surface area contributed by atoms with Crippen molar-refractivity contribution in [1.82, 2.24) is 5.32 Å². The SMILES string of the molecule is CCOc1ccccc1N1C(=O)/C(=C\c2ccc(-c3cccc(Cl)c3)o2)NC1=S. The minimum absolute atomic E-state index is 0.275. The first-order chi connectivity index (χ1) is 14.1. The molecular weight excluding hydrogens is 408 g/mol. The number of furan rings is 1. The Morgan fingerprint density at radius 2 is 2.00 bits per heavy atom. The van der Waals surface area contributed by atoms with Crippen molar-refractivity contribution in [2.75, 3.05) is 11.5 Å². The van der Waals surface area contributed by atoms with Crippen molar-refractivity contribution >= 4 is 46.6 Å². The molecule has 0 bridgehead atoms. The van der Waals surface area contributed by atoms with Crippen LogP contribution in [0.1, 0.15) is 12.7 Å². The first kappa shape index (κ1) is 19.2. The van der Waals surface area contributed by atoms with Crippen LogP contribution < -0.4 is 15.0 Å². The Morgan fingerprint density at radius 1 is 1.17 bits per heavy atom. The van der Waals surface area contributed by atoms with Gasteiger partial charge >= 0.3 is 0 Å². The van der Waals surface area contributed by atoms with Crippen LogP contribution in [0, 0.1) is 0 Å². The Hall–Kier alpha value is -3.09. The average Bonchev–Trinajstić information content (AvgIpc) is 3.28. The zero-order chi connectivity index (χ0) is 20.4. The van der Waals surface area contributed by atoms with Gasteiger partial charge in [-0.25, -0.2) is 4.90 Å². The second-order valence-electron chi connectivity index (χ2n) is 6.24. The van der Waals surface area contributed by atoms with E-state index < -0.39 is 0 Å². The maximum absolute atomic E-state index is 13.0. The van der Waals surface area contributed by atoms with Crippen molar-refractivity contribution in [1.29, 1.82) is 0 Å². The number of carbonyl (C=O) groups excluding carboxylic acids is 1. The van der Waals surface area contributed by atoms with Gasteiger partial charge in [-0.3, -0.25) is 4.79 Å². The van der Waals surface area contributed by atoms with Crippen molar-refractivity contribution in [3.63, 3.8) is 0 Å². The molecule has 0 aliphatic carbocycles. The lowest BCUT2D eigenvalue weighted by molar-refractivity contribution is -0.113. The van der Waals surface area contributed by atoms with Crippen molar-refractivity contribution in [2.45, 2.75) is 6.92 Å². The van der Waals surface area contributed by atoms with Gasteiger partial charge in [0.1, 0.15) is 23.0 Å². The zero-order valence-electron chi connectivity index (χ0n) is 15.5. The maximum atomic E-state index is 13.0. The van der Waals surface area contributed by atoms with E-state index in [4.69, 9.17) is 33.0 Å². The van der Waals surface area contributed by atoms with E-state index in [9.17, 15) is 4.79 Å². The largest absolute Gasteiger partial charge is 0.492 e. The molecule has 4 rings (SSSR count). The number of carbonyl (C=O) groups is 1. The highest BCUT2D eigenvalue weighted by Gasteiger charge is 2.34. The van der Waals surface area contributed by atoms with Crippen LogP contribution in [-0.4, -0.2) is 17.6 Å². The zero-order valence-corrected chi connectivity index (χ0v) is 17.1. The van der Waals surface area contributed by atoms with Crippen molar-refractivity contribution in [3.05, 3.63) is 77.1 Å². The summed E-state index contributed by atoms with van der Waals surface area (Å²) in [7, 11) is 0. The lowest BCUT2D eigenvalue weighted by Gasteiger charge is -2.17. The normalized spacial score (nSPS) is 15.1. The van der Waals surface area contributed by atoms with Gasteiger partial charge in [0.2, 0.25) is 0 Å². The van der Waals surface area contributed by atoms with Crippen LogP contribution in [0.25, 0.3) is 17.4 Å². The first-order valence-corrected chi connectivity index (χ1v) is 9.80. The number of thiocarbonyl (C=S) groups is 1. The Morgan fingerprint density at radius 3 is 2.79 bits per heavy atom. The number of rotatable bonds is 5. The molecule has 1 N–H and O–H groups in total. The Balaban J connectivity index is 1.62. The lowest BCUT2D eigenvalue weighted by atomic mass is 10.2. The number of ether oxygens (including phenoxy) is 1. The molecule has 1 amide bonds. The minimum atomic E-state index is -0.275. The van der Waals surface area contributed by atoms with E-state index in [-0.39, 0.29) is 11.0 Å². The molecule has 0 spiro atoms. The summed E-state index contributed by atoms with van der Waals surface area (Å²) in [5.74, 6) is 1.50. The van der Waals surface area contributed by atoms with Crippen LogP contribution in [-0.2, 0) is 4.79 Å². The first-order valence-electron chi connectivity index (χ1n) is 9.01. The predicted octanol–water partition coefficient (Wildman–Crippen LogP) is 5.26. The molecule has 1 fully saturated rings. The highest BCUT2D eigenvalue weighted by atomic mass is 35.5. The molecule has 0 atom stereocenters. The van der Waals surface area contributed by atoms with Gasteiger partial charge in [-0.1, -0.05) is 35.9 Å². The second-order valence-corrected chi connectivity index (χ2v) is 7.06. The molecule has 7 heteroatoms. The molecule has 29 heavy (non-hydrogen) atoms. The molecule has 5 nitrogen and oxygen atoms in total. The minimum Gasteiger partial charge on any atom is -0.492 e. The third-order valence-electron chi connectivity index (χ3n) is 4.31. The van der Waals surface area contributed by atoms with E-state index in [0.717, 1.165) is 5.56 Å². The molecule has 1 aliphatic heterocycles. The van der Waals surface area contributed by atoms with Crippen molar-refractivity contribution < 1.29 is 13.9 Å². The number of amides is 1. The molecule has 1 aromatic heterocycles. The fraction of sp³-hybridized carbons (Fsp3) is 0.0909. The lowest BCUT2D eigenvalue weighted by Crippen LogP contribution is -2.30. The van der Waals surface area contributed by atoms with E-state index in [1.807, 2.05) is 43.3 Å². The van der Waals surface area contributed by atoms with Crippen molar-refractivity contribution in [3.8, 4) is 17.1 Å². The molecule has 0 saturated carbocycles. The number of hydrogen-bond donors (Lipinski definition) is 1. The van der Waals surface area contributed by atoms with E-state index in [1.165, 1.54) is 4.90 Å². The number of para-hydroxylation sites is 2. The second kappa shape index (κ2) is 8.11. The van der Waals surface area contributed by atoms with Gasteiger partial charge in [-0.2, -0.15) is 0 Å². The molecular formula is C22H17ClN2O3S. The van der Waals surface area contributed by atoms with E-state index >= 15 is 0 Å². The van der Waals surface area contributed by atoms with Gasteiger partial charge in [0.25, 0.3) is 5.91 Å². The number of anilines is 1. The Bertz CT molecular complexity index is 1120. The molecule has 2 aromatic carbocycles. The van der Waals surface area contributed by atoms with Crippen LogP contribution in [0.4, 0.5) is 5.69 Å². The van der Waals surface area contributed by atoms with Crippen LogP contribution >= 0.6 is 23.8 Å². The molecule has 0 radical (unpaired) electrons. The standard InChI is InChI=1S/C22H17ClN2O3S/c1-2-27-20-9-4-3-8-18(20)25-21(26)17(24-22(25)29)13-16-10-11-19(28-16)14-6-5-7-15(23)12-14/h3-13H,2H2,1H3,(H,24,29)/b17-13+. The number of nitrogens with one attached hydrogen (secondary N) is 1. The maximum Gasteiger partial charge on any atom is 0.281 e. The third kappa shape index (κ3) is 3.90. The smallest absolute Gasteiger partial charge is 0.281 e. The quantitative estimate of drug-likeness (QED) is 0.447. The predicted molar refractivity (Wildman–Crippen MR) is 118 cm³/mol. The van der Waals surface area contributed by atoms with Gasteiger partial charge in [0, 0.05) is 16.7 Å². The number of nitrogens with zero attached hydrogens (tertiary/aromatic N) is 1. The summed E-state index contributed by atoms with van der Waals surface area (Å²) < 4.78 is 11.5. The fourth-order valence-corrected chi connectivity index (χ4v) is 3.52. The summed E-state index contributed by atoms with van der Waals surface area (Å²) in [6, 6.07) is 18.3. The average molecular weight is 425 g/mol. The number of benzene rings is 2. The highest BCUT2D eigenvalue weighted by Crippen LogP contribution is 2.32. The summed E-state index contributed by atoms with van der Waals surface area (Å²) >= 11 is 11.4. The molecule has 0 unspecified atom stereocenters. The molecule has 3 aromatic rings. The topological polar surface area (TPSA) is 54.7 Å². The Labute approximate surface area is 178 Å². The summed E-state index contributed by atoms with van der Waals surface area (Å²) in [5.41, 5.74) is 1.78. The summed E-state index contributed by atoms with van der Waals surface area (Å²) in [6.07, 6.45) is 1.63. The van der Waals surface area contributed by atoms with E-state index in [0.29, 0.717) is 40.3 Å². The monoisotopic (exact) mass is 424 g/mol. The summed E-state index contributed by atoms with van der Waals surface area (Å²) in [4.78, 5) is 14.4. The Kier molecular flexibility index (Phi) is 5.38. The number of hydrogen-bond acceptors (Lipinski definition) is 4. The van der Waals surface area contributed by atoms with Gasteiger partial charge in [-0.15, -0.1) is 0 Å². The molecule has 2 heterocycles. The number of halogens is 1. The van der Waals surface area contributed by atoms with E-state index in [1.54, 1.807) is 30.3 Å². The van der Waals surface area contributed by atoms with Gasteiger partial charge in [0.05, 0.1) is 12.3 Å². The van der Waals surface area contributed by atoms with Crippen LogP contribution in [0.15, 0.2) is 70.8 Å². The fourth-order valence-electron chi connectivity index (χ4n) is 3.04. The van der Waals surface area contributed by atoms with Crippen LogP contribution in [0.5, 0.6) is 5.75 Å². The van der Waals surface area contributed by atoms with Gasteiger partial charge in [0.15, 0.2) is 5.11 Å². The van der Waals surface area contributed by atoms with Crippen molar-refractivity contribution in [2.24, 2.45) is 0 Å². The van der Waals surface area contributed by atoms with Gasteiger partial charge in [-0.05, 0) is 55.5 Å². The summed E-state index contributed by atoms with van der Waals surface area (Å²) in [6.45, 7) is 2.37. The van der Waals surface area contributed by atoms with Gasteiger partial charge < -0.3 is 14.5 Å². The molecule has 146 valence electrons. The third-order valence-corrected chi connectivity index (χ3v) is 4.83.